The SMILES string of the molecule is CCCC(=O)N(CCOC)Cc1cccc(OS(=O)(=O)c2ccc(F)cc2)c1. The van der Waals surface area contributed by atoms with Crippen LogP contribution in [0.3, 0.4) is 0 Å². The Bertz CT molecular complexity index is 884. The van der Waals surface area contributed by atoms with Crippen LogP contribution in [0.15, 0.2) is 53.4 Å². The van der Waals surface area contributed by atoms with Gasteiger partial charge in [0.05, 0.1) is 6.61 Å². The number of benzene rings is 2. The zero-order chi connectivity index (χ0) is 20.6. The quantitative estimate of drug-likeness (QED) is 0.563. The second-order valence-electron chi connectivity index (χ2n) is 6.20. The largest absolute Gasteiger partial charge is 0.383 e. The molecule has 2 aromatic carbocycles. The van der Waals surface area contributed by atoms with E-state index < -0.39 is 15.9 Å². The predicted octanol–water partition coefficient (Wildman–Crippen LogP) is 3.37. The molecule has 0 aliphatic carbocycles. The first kappa shape index (κ1) is 21.8. The summed E-state index contributed by atoms with van der Waals surface area (Å²) in [6.07, 6.45) is 1.17. The molecule has 0 bridgehead atoms. The zero-order valence-corrected chi connectivity index (χ0v) is 16.7. The molecule has 152 valence electrons. The Hall–Kier alpha value is -2.45. The minimum Gasteiger partial charge on any atom is -0.383 e. The van der Waals surface area contributed by atoms with E-state index in [4.69, 9.17) is 8.92 Å². The maximum Gasteiger partial charge on any atom is 0.339 e. The standard InChI is InChI=1S/C20H24FNO5S/c1-3-5-20(23)22(12-13-26-2)15-16-6-4-7-18(14-16)27-28(24,25)19-10-8-17(21)9-11-19/h4,6-11,14H,3,5,12-13,15H2,1-2H3. The molecule has 0 atom stereocenters. The van der Waals surface area contributed by atoms with E-state index in [0.29, 0.717) is 26.1 Å². The average Bonchev–Trinajstić information content (AvgIpc) is 2.65. The lowest BCUT2D eigenvalue weighted by atomic mass is 10.2. The van der Waals surface area contributed by atoms with Crippen molar-refractivity contribution in [1.82, 2.24) is 4.90 Å². The molecule has 0 spiro atoms. The van der Waals surface area contributed by atoms with E-state index in [-0.39, 0.29) is 16.6 Å². The fourth-order valence-electron chi connectivity index (χ4n) is 2.56. The third-order valence-corrected chi connectivity index (χ3v) is 5.22. The summed E-state index contributed by atoms with van der Waals surface area (Å²) in [7, 11) is -2.51. The summed E-state index contributed by atoms with van der Waals surface area (Å²) in [6.45, 7) is 3.09. The minimum atomic E-state index is -4.08. The Morgan fingerprint density at radius 2 is 1.86 bits per heavy atom. The molecule has 0 heterocycles. The first-order valence-corrected chi connectivity index (χ1v) is 10.3. The lowest BCUT2D eigenvalue weighted by molar-refractivity contribution is -0.132. The van der Waals surface area contributed by atoms with Gasteiger partial charge in [0.1, 0.15) is 16.5 Å². The molecule has 1 amide bonds. The number of nitrogens with zero attached hydrogens (tertiary/aromatic N) is 1. The Kier molecular flexibility index (Phi) is 7.95. The normalized spacial score (nSPS) is 11.2. The molecule has 0 fully saturated rings. The summed E-state index contributed by atoms with van der Waals surface area (Å²) in [5.41, 5.74) is 0.729. The summed E-state index contributed by atoms with van der Waals surface area (Å²) >= 11 is 0. The van der Waals surface area contributed by atoms with Gasteiger partial charge in [0.15, 0.2) is 0 Å². The van der Waals surface area contributed by atoms with Crippen molar-refractivity contribution in [3.05, 3.63) is 59.9 Å². The van der Waals surface area contributed by atoms with Crippen LogP contribution in [0, 0.1) is 5.82 Å². The van der Waals surface area contributed by atoms with E-state index in [1.807, 2.05) is 6.92 Å². The molecule has 0 unspecified atom stereocenters. The van der Waals surface area contributed by atoms with Crippen molar-refractivity contribution in [2.45, 2.75) is 31.2 Å². The molecule has 0 radical (unpaired) electrons. The molecule has 2 aromatic rings. The van der Waals surface area contributed by atoms with Crippen molar-refractivity contribution >= 4 is 16.0 Å². The van der Waals surface area contributed by atoms with Crippen LogP contribution in [0.25, 0.3) is 0 Å². The van der Waals surface area contributed by atoms with Gasteiger partial charge in [0.2, 0.25) is 5.91 Å². The number of amides is 1. The summed E-state index contributed by atoms with van der Waals surface area (Å²) in [5, 5.41) is 0. The van der Waals surface area contributed by atoms with Gasteiger partial charge in [0.25, 0.3) is 0 Å². The Labute approximate surface area is 165 Å². The smallest absolute Gasteiger partial charge is 0.339 e. The van der Waals surface area contributed by atoms with E-state index in [1.54, 1.807) is 30.2 Å². The van der Waals surface area contributed by atoms with Crippen molar-refractivity contribution in [3.63, 3.8) is 0 Å². The van der Waals surface area contributed by atoms with Crippen LogP contribution in [0.1, 0.15) is 25.3 Å². The molecular weight excluding hydrogens is 385 g/mol. The van der Waals surface area contributed by atoms with Crippen LogP contribution >= 0.6 is 0 Å². The van der Waals surface area contributed by atoms with Crippen LogP contribution in [-0.2, 0) is 26.2 Å². The lowest BCUT2D eigenvalue weighted by Crippen LogP contribution is -2.33. The molecule has 8 heteroatoms. The predicted molar refractivity (Wildman–Crippen MR) is 103 cm³/mol. The lowest BCUT2D eigenvalue weighted by Gasteiger charge is -2.22. The van der Waals surface area contributed by atoms with Gasteiger partial charge >= 0.3 is 10.1 Å². The van der Waals surface area contributed by atoms with Crippen molar-refractivity contribution in [2.24, 2.45) is 0 Å². The third kappa shape index (κ3) is 6.31. The number of carbonyl (C=O) groups is 1. The number of hydrogen-bond donors (Lipinski definition) is 0. The maximum absolute atomic E-state index is 13.0. The highest BCUT2D eigenvalue weighted by Gasteiger charge is 2.18. The Balaban J connectivity index is 2.15. The maximum atomic E-state index is 13.0. The van der Waals surface area contributed by atoms with Gasteiger partial charge in [-0.2, -0.15) is 8.42 Å². The average molecular weight is 409 g/mol. The van der Waals surface area contributed by atoms with Crippen molar-refractivity contribution in [3.8, 4) is 5.75 Å². The van der Waals surface area contributed by atoms with E-state index in [1.165, 1.54) is 6.07 Å². The van der Waals surface area contributed by atoms with E-state index >= 15 is 0 Å². The second kappa shape index (κ2) is 10.2. The first-order valence-electron chi connectivity index (χ1n) is 8.91. The number of methoxy groups -OCH3 is 1. The fourth-order valence-corrected chi connectivity index (χ4v) is 3.48. The molecular formula is C20H24FNO5S. The Morgan fingerprint density at radius 3 is 2.50 bits per heavy atom. The summed E-state index contributed by atoms with van der Waals surface area (Å²) in [6, 6.07) is 10.9. The molecule has 0 saturated heterocycles. The minimum absolute atomic E-state index is 0.00445. The van der Waals surface area contributed by atoms with E-state index in [0.717, 1.165) is 36.2 Å². The molecule has 2 rings (SSSR count). The third-order valence-electron chi connectivity index (χ3n) is 3.96. The number of carbonyl (C=O) groups excluding carboxylic acids is 1. The molecule has 0 N–H and O–H groups in total. The topological polar surface area (TPSA) is 72.9 Å². The van der Waals surface area contributed by atoms with Crippen LogP contribution in [-0.4, -0.2) is 39.5 Å². The van der Waals surface area contributed by atoms with Gasteiger partial charge in [-0.05, 0) is 48.4 Å². The Morgan fingerprint density at radius 1 is 1.14 bits per heavy atom. The monoisotopic (exact) mass is 409 g/mol. The van der Waals surface area contributed by atoms with Gasteiger partial charge in [-0.15, -0.1) is 0 Å². The van der Waals surface area contributed by atoms with E-state index in [9.17, 15) is 17.6 Å². The van der Waals surface area contributed by atoms with Crippen LogP contribution < -0.4 is 4.18 Å². The highest BCUT2D eigenvalue weighted by atomic mass is 32.2. The van der Waals surface area contributed by atoms with Crippen LogP contribution in [0.5, 0.6) is 5.75 Å². The number of ether oxygens (including phenoxy) is 1. The van der Waals surface area contributed by atoms with Gasteiger partial charge in [0, 0.05) is 26.6 Å². The zero-order valence-electron chi connectivity index (χ0n) is 15.9. The first-order chi connectivity index (χ1) is 13.4. The molecule has 0 saturated carbocycles. The van der Waals surface area contributed by atoms with Crippen LogP contribution in [0.2, 0.25) is 0 Å². The van der Waals surface area contributed by atoms with Crippen LogP contribution in [0.4, 0.5) is 4.39 Å². The second-order valence-corrected chi connectivity index (χ2v) is 7.74. The highest BCUT2D eigenvalue weighted by molar-refractivity contribution is 7.87. The molecule has 28 heavy (non-hydrogen) atoms. The number of hydrogen-bond acceptors (Lipinski definition) is 5. The van der Waals surface area contributed by atoms with Crippen molar-refractivity contribution < 1.29 is 26.5 Å². The highest BCUT2D eigenvalue weighted by Crippen LogP contribution is 2.21. The van der Waals surface area contributed by atoms with Gasteiger partial charge in [-0.1, -0.05) is 19.1 Å². The molecule has 0 aromatic heterocycles. The van der Waals surface area contributed by atoms with Gasteiger partial charge < -0.3 is 13.8 Å². The molecule has 0 aliphatic rings. The van der Waals surface area contributed by atoms with Crippen molar-refractivity contribution in [2.75, 3.05) is 20.3 Å². The summed E-state index contributed by atoms with van der Waals surface area (Å²) < 4.78 is 47.9. The van der Waals surface area contributed by atoms with Crippen molar-refractivity contribution in [1.29, 1.82) is 0 Å². The fraction of sp³-hybridized carbons (Fsp3) is 0.350. The number of rotatable bonds is 10. The number of halogens is 1. The summed E-state index contributed by atoms with van der Waals surface area (Å²) in [4.78, 5) is 13.8. The molecule has 6 nitrogen and oxygen atoms in total. The van der Waals surface area contributed by atoms with Gasteiger partial charge in [-0.3, -0.25) is 4.79 Å². The van der Waals surface area contributed by atoms with Gasteiger partial charge in [-0.25, -0.2) is 4.39 Å². The summed E-state index contributed by atoms with van der Waals surface area (Å²) in [5.74, 6) is -0.407. The van der Waals surface area contributed by atoms with E-state index in [2.05, 4.69) is 0 Å². The molecule has 0 aliphatic heterocycles.